The van der Waals surface area contributed by atoms with Gasteiger partial charge >= 0.3 is 0 Å². The number of aromatic nitrogens is 1. The first-order valence-corrected chi connectivity index (χ1v) is 8.33. The Kier molecular flexibility index (Phi) is 6.38. The number of carbonyl (C=O) groups excluding carboxylic acids is 1. The fourth-order valence-corrected chi connectivity index (χ4v) is 2.44. The van der Waals surface area contributed by atoms with Crippen LogP contribution in [0.15, 0.2) is 17.2 Å². The number of carbonyl (C=O) groups is 1. The van der Waals surface area contributed by atoms with Gasteiger partial charge in [-0.05, 0) is 12.5 Å². The van der Waals surface area contributed by atoms with Crippen LogP contribution in [0.3, 0.4) is 0 Å². The Morgan fingerprint density at radius 2 is 2.14 bits per heavy atom. The molecule has 2 N–H and O–H groups in total. The summed E-state index contributed by atoms with van der Waals surface area (Å²) in [5.74, 6) is -0.227. The minimum absolute atomic E-state index is 0.0640. The molecule has 0 radical (unpaired) electrons. The lowest BCUT2D eigenvalue weighted by atomic mass is 10.3. The summed E-state index contributed by atoms with van der Waals surface area (Å²) in [6.45, 7) is 3.42. The molecular weight excluding hydrogens is 294 g/mol. The normalized spacial score (nSPS) is 11.6. The Balaban J connectivity index is 3.07. The summed E-state index contributed by atoms with van der Waals surface area (Å²) < 4.78 is 29.4. The lowest BCUT2D eigenvalue weighted by Gasteiger charge is -2.17. The Morgan fingerprint density at radius 3 is 2.67 bits per heavy atom. The maximum absolute atomic E-state index is 12.4. The van der Waals surface area contributed by atoms with Gasteiger partial charge < -0.3 is 14.2 Å². The third-order valence-electron chi connectivity index (χ3n) is 3.15. The summed E-state index contributed by atoms with van der Waals surface area (Å²) in [5.41, 5.74) is 0.301. The molecule has 21 heavy (non-hydrogen) atoms. The summed E-state index contributed by atoms with van der Waals surface area (Å²) in [5, 5.41) is 5.13. The zero-order valence-electron chi connectivity index (χ0n) is 12.7. The maximum atomic E-state index is 12.4. The molecule has 0 fully saturated rings. The van der Waals surface area contributed by atoms with Gasteiger partial charge in [-0.15, -0.1) is 0 Å². The topological polar surface area (TPSA) is 94.6 Å². The predicted molar refractivity (Wildman–Crippen MR) is 79.5 cm³/mol. The first-order valence-electron chi connectivity index (χ1n) is 6.78. The predicted octanol–water partition coefficient (Wildman–Crippen LogP) is 0.654. The molecule has 1 aromatic heterocycles. The van der Waals surface area contributed by atoms with Crippen molar-refractivity contribution in [3.63, 3.8) is 0 Å². The number of primary sulfonamides is 1. The zero-order valence-corrected chi connectivity index (χ0v) is 13.5. The van der Waals surface area contributed by atoms with E-state index in [4.69, 9.17) is 9.88 Å². The highest BCUT2D eigenvalue weighted by Crippen LogP contribution is 2.15. The molecule has 1 aromatic rings. The van der Waals surface area contributed by atoms with E-state index < -0.39 is 10.0 Å². The number of rotatable bonds is 8. The Hall–Kier alpha value is -1.38. The monoisotopic (exact) mass is 317 g/mol. The van der Waals surface area contributed by atoms with Gasteiger partial charge in [0.15, 0.2) is 0 Å². The molecule has 0 saturated carbocycles. The minimum atomic E-state index is -3.84. The molecule has 0 aliphatic carbocycles. The summed E-state index contributed by atoms with van der Waals surface area (Å²) in [7, 11) is -0.601. The number of hydrogen-bond acceptors (Lipinski definition) is 4. The van der Waals surface area contributed by atoms with E-state index in [0.717, 1.165) is 12.8 Å². The van der Waals surface area contributed by atoms with Crippen LogP contribution in [0.4, 0.5) is 0 Å². The van der Waals surface area contributed by atoms with Gasteiger partial charge in [0.05, 0.1) is 6.61 Å². The van der Waals surface area contributed by atoms with Crippen molar-refractivity contribution in [3.8, 4) is 0 Å². The van der Waals surface area contributed by atoms with Crippen LogP contribution in [0.25, 0.3) is 0 Å². The van der Waals surface area contributed by atoms with Crippen LogP contribution in [0.2, 0.25) is 0 Å². The van der Waals surface area contributed by atoms with E-state index in [1.54, 1.807) is 23.6 Å². The molecule has 0 aliphatic rings. The van der Waals surface area contributed by atoms with Gasteiger partial charge in [0.1, 0.15) is 10.6 Å². The largest absolute Gasteiger partial charge is 0.383 e. The lowest BCUT2D eigenvalue weighted by Crippen LogP contribution is -2.29. The molecule has 7 nitrogen and oxygen atoms in total. The fraction of sp³-hybridized carbons (Fsp3) is 0.615. The number of nitrogens with two attached hydrogens (primary N) is 1. The van der Waals surface area contributed by atoms with Gasteiger partial charge in [0, 0.05) is 33.4 Å². The number of methoxy groups -OCH3 is 1. The summed E-state index contributed by atoms with van der Waals surface area (Å²) in [6.07, 6.45) is 3.24. The van der Waals surface area contributed by atoms with Crippen molar-refractivity contribution in [2.75, 3.05) is 27.3 Å². The molecule has 0 aromatic carbocycles. The van der Waals surface area contributed by atoms with Crippen molar-refractivity contribution in [1.82, 2.24) is 9.47 Å². The molecule has 0 spiro atoms. The molecule has 0 atom stereocenters. The Bertz CT molecular complexity index is 580. The standard InChI is InChI=1S/C13H23N3O4S/c1-4-5-6-15(2)13(17)12-9-11(21(14,18)19)10-16(12)7-8-20-3/h9-10H,4-8H2,1-3H3,(H2,14,18,19). The lowest BCUT2D eigenvalue weighted by molar-refractivity contribution is 0.0780. The molecule has 1 amide bonds. The molecule has 0 bridgehead atoms. The summed E-state index contributed by atoms with van der Waals surface area (Å²) in [4.78, 5) is 13.9. The number of amides is 1. The molecule has 1 rings (SSSR count). The number of hydrogen-bond donors (Lipinski definition) is 1. The van der Waals surface area contributed by atoms with Crippen LogP contribution in [-0.4, -0.2) is 51.1 Å². The van der Waals surface area contributed by atoms with Crippen molar-refractivity contribution in [3.05, 3.63) is 18.0 Å². The third-order valence-corrected chi connectivity index (χ3v) is 4.03. The van der Waals surface area contributed by atoms with Crippen LogP contribution in [0.5, 0.6) is 0 Å². The second kappa shape index (κ2) is 7.58. The molecular formula is C13H23N3O4S. The Labute approximate surface area is 125 Å². The van der Waals surface area contributed by atoms with E-state index in [1.807, 2.05) is 6.92 Å². The van der Waals surface area contributed by atoms with Gasteiger partial charge in [0.25, 0.3) is 5.91 Å². The SMILES string of the molecule is CCCCN(C)C(=O)c1cc(S(N)(=O)=O)cn1CCOC. The van der Waals surface area contributed by atoms with E-state index in [1.165, 1.54) is 12.3 Å². The molecule has 1 heterocycles. The van der Waals surface area contributed by atoms with Crippen LogP contribution < -0.4 is 5.14 Å². The van der Waals surface area contributed by atoms with E-state index in [2.05, 4.69) is 0 Å². The molecule has 0 saturated heterocycles. The van der Waals surface area contributed by atoms with Crippen LogP contribution in [-0.2, 0) is 21.3 Å². The minimum Gasteiger partial charge on any atom is -0.383 e. The number of ether oxygens (including phenoxy) is 1. The van der Waals surface area contributed by atoms with Crippen molar-refractivity contribution < 1.29 is 17.9 Å². The van der Waals surface area contributed by atoms with Crippen molar-refractivity contribution in [1.29, 1.82) is 0 Å². The molecule has 0 unspecified atom stereocenters. The second-order valence-corrected chi connectivity index (χ2v) is 6.43. The average molecular weight is 317 g/mol. The molecule has 8 heteroatoms. The molecule has 0 aliphatic heterocycles. The fourth-order valence-electron chi connectivity index (χ4n) is 1.89. The second-order valence-electron chi connectivity index (χ2n) is 4.87. The quantitative estimate of drug-likeness (QED) is 0.762. The number of nitrogens with zero attached hydrogens (tertiary/aromatic N) is 2. The van der Waals surface area contributed by atoms with Crippen LogP contribution in [0, 0.1) is 0 Å². The van der Waals surface area contributed by atoms with E-state index >= 15 is 0 Å². The van der Waals surface area contributed by atoms with Crippen molar-refractivity contribution >= 4 is 15.9 Å². The van der Waals surface area contributed by atoms with Gasteiger partial charge in [-0.3, -0.25) is 4.79 Å². The maximum Gasteiger partial charge on any atom is 0.270 e. The summed E-state index contributed by atoms with van der Waals surface area (Å²) in [6, 6.07) is 1.32. The van der Waals surface area contributed by atoms with Gasteiger partial charge in [0.2, 0.25) is 10.0 Å². The highest BCUT2D eigenvalue weighted by Gasteiger charge is 2.21. The van der Waals surface area contributed by atoms with Crippen LogP contribution in [0.1, 0.15) is 30.3 Å². The highest BCUT2D eigenvalue weighted by molar-refractivity contribution is 7.89. The third kappa shape index (κ3) is 4.83. The number of unbranched alkanes of at least 4 members (excludes halogenated alkanes) is 1. The van der Waals surface area contributed by atoms with Crippen molar-refractivity contribution in [2.24, 2.45) is 5.14 Å². The van der Waals surface area contributed by atoms with Gasteiger partial charge in [-0.1, -0.05) is 13.3 Å². The molecule has 120 valence electrons. The zero-order chi connectivity index (χ0) is 16.0. The Morgan fingerprint density at radius 1 is 1.48 bits per heavy atom. The van der Waals surface area contributed by atoms with Gasteiger partial charge in [-0.25, -0.2) is 13.6 Å². The van der Waals surface area contributed by atoms with E-state index in [0.29, 0.717) is 25.4 Å². The number of sulfonamides is 1. The highest BCUT2D eigenvalue weighted by atomic mass is 32.2. The van der Waals surface area contributed by atoms with Crippen LogP contribution >= 0.6 is 0 Å². The van der Waals surface area contributed by atoms with E-state index in [-0.39, 0.29) is 10.8 Å². The average Bonchev–Trinajstić information content (AvgIpc) is 2.85. The van der Waals surface area contributed by atoms with Gasteiger partial charge in [-0.2, -0.15) is 0 Å². The summed E-state index contributed by atoms with van der Waals surface area (Å²) >= 11 is 0. The van der Waals surface area contributed by atoms with Crippen molar-refractivity contribution in [2.45, 2.75) is 31.2 Å². The smallest absolute Gasteiger partial charge is 0.270 e. The first kappa shape index (κ1) is 17.7. The first-order chi connectivity index (χ1) is 9.81. The van der Waals surface area contributed by atoms with E-state index in [9.17, 15) is 13.2 Å².